The number of nitrogens with one attached hydrogen (secondary N) is 1. The van der Waals surface area contributed by atoms with Gasteiger partial charge in [-0.1, -0.05) is 23.7 Å². The molecule has 1 amide bonds. The number of hydrogen-bond donors (Lipinski definition) is 1. The van der Waals surface area contributed by atoms with E-state index in [-0.39, 0.29) is 23.2 Å². The highest BCUT2D eigenvalue weighted by Gasteiger charge is 2.32. The van der Waals surface area contributed by atoms with Crippen molar-refractivity contribution in [2.45, 2.75) is 19.0 Å². The Labute approximate surface area is 181 Å². The molecule has 1 heterocycles. The minimum absolute atomic E-state index is 0.101. The number of carbonyl (C=O) groups is 1. The van der Waals surface area contributed by atoms with Crippen LogP contribution in [0.2, 0.25) is 5.02 Å². The average Bonchev–Trinajstić information content (AvgIpc) is 3.12. The number of benzene rings is 3. The van der Waals surface area contributed by atoms with Gasteiger partial charge in [0.15, 0.2) is 0 Å². The molecule has 3 aromatic carbocycles. The number of carbonyl (C=O) groups excluding carboxylic acids is 1. The SMILES string of the molecule is O=C(Cc1ccc(F)cc1)Nc1ccc2c(c1)CCN2c1cc(C(F)(F)F)ccc1Cl. The molecule has 0 saturated carbocycles. The normalized spacial score (nSPS) is 13.3. The molecule has 31 heavy (non-hydrogen) atoms. The Morgan fingerprint density at radius 2 is 1.74 bits per heavy atom. The fourth-order valence-corrected chi connectivity index (χ4v) is 3.84. The predicted molar refractivity (Wildman–Crippen MR) is 112 cm³/mol. The number of hydrogen-bond acceptors (Lipinski definition) is 2. The molecule has 8 heteroatoms. The van der Waals surface area contributed by atoms with Gasteiger partial charge in [-0.3, -0.25) is 4.79 Å². The second-order valence-corrected chi connectivity index (χ2v) is 7.67. The highest BCUT2D eigenvalue weighted by atomic mass is 35.5. The van der Waals surface area contributed by atoms with Crippen LogP contribution in [0.25, 0.3) is 0 Å². The standard InChI is InChI=1S/C23H17ClF4N2O/c24-19-7-3-16(23(26,27)28)13-21(19)30-10-9-15-12-18(6-8-20(15)30)29-22(31)11-14-1-4-17(25)5-2-14/h1-8,12-13H,9-11H2,(H,29,31). The van der Waals surface area contributed by atoms with Crippen molar-refractivity contribution < 1.29 is 22.4 Å². The molecule has 1 aliphatic rings. The molecule has 3 nitrogen and oxygen atoms in total. The first kappa shape index (κ1) is 21.2. The van der Waals surface area contributed by atoms with E-state index in [2.05, 4.69) is 5.32 Å². The van der Waals surface area contributed by atoms with Crippen LogP contribution < -0.4 is 10.2 Å². The van der Waals surface area contributed by atoms with E-state index < -0.39 is 11.7 Å². The van der Waals surface area contributed by atoms with Gasteiger partial charge in [-0.05, 0) is 66.1 Å². The molecule has 160 valence electrons. The van der Waals surface area contributed by atoms with Crippen LogP contribution in [0.3, 0.4) is 0 Å². The lowest BCUT2D eigenvalue weighted by Crippen LogP contribution is -2.16. The fraction of sp³-hybridized carbons (Fsp3) is 0.174. The maximum atomic E-state index is 13.1. The summed E-state index contributed by atoms with van der Waals surface area (Å²) in [6.45, 7) is 0.476. The first-order valence-electron chi connectivity index (χ1n) is 9.52. The van der Waals surface area contributed by atoms with Crippen LogP contribution in [0.4, 0.5) is 34.6 Å². The zero-order valence-electron chi connectivity index (χ0n) is 16.1. The Morgan fingerprint density at radius 1 is 1.00 bits per heavy atom. The summed E-state index contributed by atoms with van der Waals surface area (Å²) in [5.41, 5.74) is 2.45. The smallest absolute Gasteiger partial charge is 0.340 e. The van der Waals surface area contributed by atoms with Crippen molar-refractivity contribution in [2.24, 2.45) is 0 Å². The van der Waals surface area contributed by atoms with Gasteiger partial charge >= 0.3 is 6.18 Å². The van der Waals surface area contributed by atoms with Crippen LogP contribution in [-0.2, 0) is 23.8 Å². The molecular weight excluding hydrogens is 432 g/mol. The van der Waals surface area contributed by atoms with Crippen molar-refractivity contribution in [3.8, 4) is 0 Å². The lowest BCUT2D eigenvalue weighted by atomic mass is 10.1. The number of amides is 1. The molecule has 0 unspecified atom stereocenters. The summed E-state index contributed by atoms with van der Waals surface area (Å²) >= 11 is 6.19. The summed E-state index contributed by atoms with van der Waals surface area (Å²) in [7, 11) is 0. The molecule has 0 aliphatic carbocycles. The van der Waals surface area contributed by atoms with Crippen molar-refractivity contribution in [2.75, 3.05) is 16.8 Å². The molecule has 0 saturated heterocycles. The summed E-state index contributed by atoms with van der Waals surface area (Å²) in [6, 6.07) is 14.2. The Bertz CT molecular complexity index is 1130. The predicted octanol–water partition coefficient (Wildman–Crippen LogP) is 6.37. The minimum Gasteiger partial charge on any atom is -0.340 e. The molecule has 0 atom stereocenters. The first-order valence-corrected chi connectivity index (χ1v) is 9.90. The van der Waals surface area contributed by atoms with E-state index in [4.69, 9.17) is 11.6 Å². The topological polar surface area (TPSA) is 32.3 Å². The molecular formula is C23H17ClF4N2O. The number of nitrogens with zero attached hydrogens (tertiary/aromatic N) is 1. The molecule has 1 aliphatic heterocycles. The molecule has 0 radical (unpaired) electrons. The fourth-order valence-electron chi connectivity index (χ4n) is 3.62. The van der Waals surface area contributed by atoms with E-state index in [1.165, 1.54) is 18.2 Å². The quantitative estimate of drug-likeness (QED) is 0.470. The van der Waals surface area contributed by atoms with E-state index in [1.54, 1.807) is 35.2 Å². The molecule has 0 aromatic heterocycles. The van der Waals surface area contributed by atoms with Gasteiger partial charge < -0.3 is 10.2 Å². The Hall–Kier alpha value is -3.06. The van der Waals surface area contributed by atoms with E-state index in [0.29, 0.717) is 29.9 Å². The first-order chi connectivity index (χ1) is 14.7. The monoisotopic (exact) mass is 448 g/mol. The van der Waals surface area contributed by atoms with Crippen LogP contribution in [0, 0.1) is 5.82 Å². The van der Waals surface area contributed by atoms with E-state index in [9.17, 15) is 22.4 Å². The van der Waals surface area contributed by atoms with E-state index in [1.807, 2.05) is 0 Å². The lowest BCUT2D eigenvalue weighted by Gasteiger charge is -2.22. The maximum absolute atomic E-state index is 13.1. The van der Waals surface area contributed by atoms with Crippen LogP contribution in [0.5, 0.6) is 0 Å². The van der Waals surface area contributed by atoms with Gasteiger partial charge in [0.05, 0.1) is 22.7 Å². The van der Waals surface area contributed by atoms with Gasteiger partial charge in [-0.15, -0.1) is 0 Å². The second-order valence-electron chi connectivity index (χ2n) is 7.26. The van der Waals surface area contributed by atoms with Crippen molar-refractivity contribution in [1.82, 2.24) is 0 Å². The van der Waals surface area contributed by atoms with Gasteiger partial charge in [-0.25, -0.2) is 4.39 Å². The van der Waals surface area contributed by atoms with Crippen LogP contribution >= 0.6 is 11.6 Å². The van der Waals surface area contributed by atoms with Gasteiger partial charge in [0, 0.05) is 17.9 Å². The van der Waals surface area contributed by atoms with Gasteiger partial charge in [0.2, 0.25) is 5.91 Å². The third-order valence-electron chi connectivity index (χ3n) is 5.10. The van der Waals surface area contributed by atoms with Crippen molar-refractivity contribution in [1.29, 1.82) is 0 Å². The van der Waals surface area contributed by atoms with Crippen molar-refractivity contribution in [3.63, 3.8) is 0 Å². The van der Waals surface area contributed by atoms with Crippen LogP contribution in [0.1, 0.15) is 16.7 Å². The summed E-state index contributed by atoms with van der Waals surface area (Å²) in [5, 5.41) is 3.04. The van der Waals surface area contributed by atoms with Crippen molar-refractivity contribution in [3.05, 3.63) is 88.2 Å². The molecule has 4 rings (SSSR count). The number of rotatable bonds is 4. The molecule has 0 spiro atoms. The number of anilines is 3. The third kappa shape index (κ3) is 4.66. The zero-order chi connectivity index (χ0) is 22.2. The highest BCUT2D eigenvalue weighted by Crippen LogP contribution is 2.42. The molecule has 3 aromatic rings. The Kier molecular flexibility index (Phi) is 5.62. The Balaban J connectivity index is 1.52. The van der Waals surface area contributed by atoms with Crippen molar-refractivity contribution >= 4 is 34.6 Å². The maximum Gasteiger partial charge on any atom is 0.416 e. The zero-order valence-corrected chi connectivity index (χ0v) is 16.9. The van der Waals surface area contributed by atoms with Crippen LogP contribution in [0.15, 0.2) is 60.7 Å². The van der Waals surface area contributed by atoms with Crippen LogP contribution in [-0.4, -0.2) is 12.5 Å². The number of halogens is 5. The van der Waals surface area contributed by atoms with E-state index in [0.717, 1.165) is 23.4 Å². The summed E-state index contributed by atoms with van der Waals surface area (Å²) in [6.07, 6.45) is -3.76. The summed E-state index contributed by atoms with van der Waals surface area (Å²) in [4.78, 5) is 14.0. The molecule has 0 fully saturated rings. The van der Waals surface area contributed by atoms with Gasteiger partial charge in [0.1, 0.15) is 5.82 Å². The second kappa shape index (κ2) is 8.23. The highest BCUT2D eigenvalue weighted by molar-refractivity contribution is 6.33. The summed E-state index contributed by atoms with van der Waals surface area (Å²) < 4.78 is 52.3. The molecule has 1 N–H and O–H groups in total. The lowest BCUT2D eigenvalue weighted by molar-refractivity contribution is -0.137. The van der Waals surface area contributed by atoms with Gasteiger partial charge in [0.25, 0.3) is 0 Å². The molecule has 0 bridgehead atoms. The van der Waals surface area contributed by atoms with E-state index >= 15 is 0 Å². The van der Waals surface area contributed by atoms with Gasteiger partial charge in [-0.2, -0.15) is 13.2 Å². The number of alkyl halides is 3. The Morgan fingerprint density at radius 3 is 2.45 bits per heavy atom. The largest absolute Gasteiger partial charge is 0.416 e. The minimum atomic E-state index is -4.46. The third-order valence-corrected chi connectivity index (χ3v) is 5.42. The average molecular weight is 449 g/mol. The summed E-state index contributed by atoms with van der Waals surface area (Å²) in [5.74, 6) is -0.615. The number of fused-ring (bicyclic) bond motifs is 1.